The average Bonchev–Trinajstić information content (AvgIpc) is 2.46. The molecule has 1 aromatic carbocycles. The molecule has 1 unspecified atom stereocenters. The van der Waals surface area contributed by atoms with Crippen molar-refractivity contribution in [3.63, 3.8) is 0 Å². The van der Waals surface area contributed by atoms with Gasteiger partial charge in [0, 0.05) is 11.0 Å². The summed E-state index contributed by atoms with van der Waals surface area (Å²) >= 11 is 3.26. The van der Waals surface area contributed by atoms with Gasteiger partial charge in [-0.1, -0.05) is 33.6 Å². The van der Waals surface area contributed by atoms with Crippen LogP contribution in [0, 0.1) is 0 Å². The van der Waals surface area contributed by atoms with Gasteiger partial charge in [0.15, 0.2) is 5.84 Å². The zero-order chi connectivity index (χ0) is 14.8. The summed E-state index contributed by atoms with van der Waals surface area (Å²) in [6, 6.07) is 5.93. The number of nitrogens with zero attached hydrogens (tertiary/aromatic N) is 2. The maximum atomic E-state index is 12.7. The van der Waals surface area contributed by atoms with Crippen LogP contribution in [0.25, 0.3) is 0 Å². The minimum Gasteiger partial charge on any atom is -0.409 e. The van der Waals surface area contributed by atoms with Crippen LogP contribution in [0.15, 0.2) is 38.8 Å². The average molecular weight is 362 g/mol. The molecule has 1 saturated heterocycles. The first-order valence-electron chi connectivity index (χ1n) is 6.21. The summed E-state index contributed by atoms with van der Waals surface area (Å²) in [5.41, 5.74) is 5.63. The molecule has 1 aliphatic heterocycles. The lowest BCUT2D eigenvalue weighted by atomic mass is 10.0. The molecule has 6 nitrogen and oxygen atoms in total. The minimum atomic E-state index is -3.66. The highest BCUT2D eigenvalue weighted by molar-refractivity contribution is 9.10. The fourth-order valence-corrected chi connectivity index (χ4v) is 4.58. The van der Waals surface area contributed by atoms with Gasteiger partial charge in [-0.15, -0.1) is 0 Å². The molecule has 1 aromatic rings. The summed E-state index contributed by atoms with van der Waals surface area (Å²) in [5, 5.41) is 11.8. The Kier molecular flexibility index (Phi) is 4.66. The lowest BCUT2D eigenvalue weighted by Gasteiger charge is -2.33. The van der Waals surface area contributed by atoms with Crippen LogP contribution in [0.5, 0.6) is 0 Å². The molecular weight excluding hydrogens is 346 g/mol. The molecule has 0 bridgehead atoms. The zero-order valence-corrected chi connectivity index (χ0v) is 13.1. The standard InChI is InChI=1S/C12H16BrN3O3S/c13-9-4-3-5-10(8-9)20(18,19)16-7-2-1-6-11(16)12(14)15-17/h3-5,8,11,17H,1-2,6-7H2,(H2,14,15). The van der Waals surface area contributed by atoms with Crippen molar-refractivity contribution < 1.29 is 13.6 Å². The van der Waals surface area contributed by atoms with Gasteiger partial charge in [0.2, 0.25) is 10.0 Å². The zero-order valence-electron chi connectivity index (χ0n) is 10.7. The molecule has 1 heterocycles. The highest BCUT2D eigenvalue weighted by Gasteiger charge is 2.35. The molecule has 0 aromatic heterocycles. The van der Waals surface area contributed by atoms with Crippen LogP contribution in [0.4, 0.5) is 0 Å². The van der Waals surface area contributed by atoms with Crippen LogP contribution < -0.4 is 5.73 Å². The topological polar surface area (TPSA) is 96.0 Å². The van der Waals surface area contributed by atoms with E-state index in [1.54, 1.807) is 18.2 Å². The van der Waals surface area contributed by atoms with Crippen molar-refractivity contribution in [2.24, 2.45) is 10.9 Å². The van der Waals surface area contributed by atoms with Crippen LogP contribution in [-0.4, -0.2) is 36.4 Å². The number of piperidine rings is 1. The highest BCUT2D eigenvalue weighted by Crippen LogP contribution is 2.26. The van der Waals surface area contributed by atoms with Crippen LogP contribution in [0.2, 0.25) is 0 Å². The van der Waals surface area contributed by atoms with Gasteiger partial charge in [-0.25, -0.2) is 8.42 Å². The fourth-order valence-electron chi connectivity index (χ4n) is 2.32. The van der Waals surface area contributed by atoms with Crippen LogP contribution in [0.1, 0.15) is 19.3 Å². The number of rotatable bonds is 3. The third-order valence-corrected chi connectivity index (χ3v) is 5.71. The third-order valence-electron chi connectivity index (χ3n) is 3.31. The van der Waals surface area contributed by atoms with E-state index in [1.807, 2.05) is 0 Å². The number of oxime groups is 1. The molecular formula is C12H16BrN3O3S. The summed E-state index contributed by atoms with van der Waals surface area (Å²) in [7, 11) is -3.66. The SMILES string of the molecule is NC(=NO)C1CCCCN1S(=O)(=O)c1cccc(Br)c1. The monoisotopic (exact) mass is 361 g/mol. The van der Waals surface area contributed by atoms with Gasteiger partial charge < -0.3 is 10.9 Å². The van der Waals surface area contributed by atoms with Crippen molar-refractivity contribution in [1.29, 1.82) is 0 Å². The number of halogens is 1. The van der Waals surface area contributed by atoms with E-state index in [2.05, 4.69) is 21.1 Å². The number of sulfonamides is 1. The van der Waals surface area contributed by atoms with Gasteiger partial charge in [0.1, 0.15) is 0 Å². The number of benzene rings is 1. The summed E-state index contributed by atoms with van der Waals surface area (Å²) < 4.78 is 27.4. The Bertz CT molecular complexity index is 618. The largest absolute Gasteiger partial charge is 0.409 e. The first kappa shape index (κ1) is 15.3. The van der Waals surface area contributed by atoms with E-state index in [0.717, 1.165) is 12.8 Å². The third kappa shape index (κ3) is 2.97. The smallest absolute Gasteiger partial charge is 0.243 e. The Balaban J connectivity index is 2.41. The van der Waals surface area contributed by atoms with Crippen molar-refractivity contribution in [2.75, 3.05) is 6.54 Å². The molecule has 0 saturated carbocycles. The summed E-state index contributed by atoms with van der Waals surface area (Å²) in [6.07, 6.45) is 2.18. The number of nitrogens with two attached hydrogens (primary N) is 1. The molecule has 110 valence electrons. The molecule has 2 rings (SSSR count). The van der Waals surface area contributed by atoms with E-state index in [0.29, 0.717) is 17.4 Å². The van der Waals surface area contributed by atoms with Gasteiger partial charge in [-0.3, -0.25) is 0 Å². The van der Waals surface area contributed by atoms with Crippen molar-refractivity contribution in [1.82, 2.24) is 4.31 Å². The van der Waals surface area contributed by atoms with Gasteiger partial charge >= 0.3 is 0 Å². The van der Waals surface area contributed by atoms with E-state index in [4.69, 9.17) is 10.9 Å². The van der Waals surface area contributed by atoms with Crippen molar-refractivity contribution in [3.8, 4) is 0 Å². The van der Waals surface area contributed by atoms with Gasteiger partial charge in [-0.05, 0) is 31.0 Å². The molecule has 20 heavy (non-hydrogen) atoms. The van der Waals surface area contributed by atoms with E-state index < -0.39 is 16.1 Å². The lowest BCUT2D eigenvalue weighted by Crippen LogP contribution is -2.50. The molecule has 0 radical (unpaired) electrons. The second kappa shape index (κ2) is 6.11. The van der Waals surface area contributed by atoms with Crippen LogP contribution in [-0.2, 0) is 10.0 Å². The maximum absolute atomic E-state index is 12.7. The predicted octanol–water partition coefficient (Wildman–Crippen LogP) is 1.74. The van der Waals surface area contributed by atoms with Gasteiger partial charge in [0.05, 0.1) is 10.9 Å². The number of amidine groups is 1. The Morgan fingerprint density at radius 1 is 1.45 bits per heavy atom. The van der Waals surface area contributed by atoms with Crippen molar-refractivity contribution >= 4 is 31.8 Å². The van der Waals surface area contributed by atoms with Gasteiger partial charge in [0.25, 0.3) is 0 Å². The van der Waals surface area contributed by atoms with E-state index >= 15 is 0 Å². The summed E-state index contributed by atoms with van der Waals surface area (Å²) in [6.45, 7) is 0.371. The Morgan fingerprint density at radius 2 is 2.20 bits per heavy atom. The second-order valence-electron chi connectivity index (χ2n) is 4.61. The first-order valence-corrected chi connectivity index (χ1v) is 8.45. The highest BCUT2D eigenvalue weighted by atomic mass is 79.9. The molecule has 1 atom stereocenters. The van der Waals surface area contributed by atoms with E-state index in [1.165, 1.54) is 10.4 Å². The van der Waals surface area contributed by atoms with Gasteiger partial charge in [-0.2, -0.15) is 4.31 Å². The molecule has 0 spiro atoms. The summed E-state index contributed by atoms with van der Waals surface area (Å²) in [4.78, 5) is 0.199. The molecule has 0 aliphatic carbocycles. The Hall–Kier alpha value is -1.12. The van der Waals surface area contributed by atoms with Crippen molar-refractivity contribution in [3.05, 3.63) is 28.7 Å². The molecule has 0 amide bonds. The summed E-state index contributed by atoms with van der Waals surface area (Å²) in [5.74, 6) is -0.0664. The Morgan fingerprint density at radius 3 is 2.85 bits per heavy atom. The normalized spacial score (nSPS) is 21.9. The molecule has 3 N–H and O–H groups in total. The fraction of sp³-hybridized carbons (Fsp3) is 0.417. The maximum Gasteiger partial charge on any atom is 0.243 e. The Labute approximate surface area is 126 Å². The minimum absolute atomic E-state index is 0.0664. The molecule has 1 fully saturated rings. The quantitative estimate of drug-likeness (QED) is 0.371. The molecule has 8 heteroatoms. The predicted molar refractivity (Wildman–Crippen MR) is 79.1 cm³/mol. The van der Waals surface area contributed by atoms with Crippen LogP contribution >= 0.6 is 15.9 Å². The van der Waals surface area contributed by atoms with Crippen molar-refractivity contribution in [2.45, 2.75) is 30.2 Å². The van der Waals surface area contributed by atoms with E-state index in [9.17, 15) is 8.42 Å². The molecule has 1 aliphatic rings. The van der Waals surface area contributed by atoms with E-state index in [-0.39, 0.29) is 10.7 Å². The number of hydrogen-bond acceptors (Lipinski definition) is 4. The first-order chi connectivity index (χ1) is 9.46. The van der Waals surface area contributed by atoms with Crippen LogP contribution in [0.3, 0.4) is 0 Å². The number of hydrogen-bond donors (Lipinski definition) is 2. The lowest BCUT2D eigenvalue weighted by molar-refractivity contribution is 0.281. The second-order valence-corrected chi connectivity index (χ2v) is 7.42.